The van der Waals surface area contributed by atoms with Gasteiger partial charge in [-0.05, 0) is 19.1 Å². The number of aromatic amines is 1. The van der Waals surface area contributed by atoms with Crippen molar-refractivity contribution < 1.29 is 9.30 Å². The Balaban J connectivity index is 3.22. The van der Waals surface area contributed by atoms with Crippen LogP contribution in [0.1, 0.15) is 19.0 Å². The van der Waals surface area contributed by atoms with Crippen molar-refractivity contribution in [3.8, 4) is 0 Å². The fourth-order valence-electron chi connectivity index (χ4n) is 1.12. The van der Waals surface area contributed by atoms with Crippen LogP contribution >= 0.6 is 12.2 Å². The second kappa shape index (κ2) is 3.37. The van der Waals surface area contributed by atoms with Crippen LogP contribution in [0.2, 0.25) is 0 Å². The lowest BCUT2D eigenvalue weighted by atomic mass is 10.5. The second-order valence-electron chi connectivity index (χ2n) is 2.73. The lowest BCUT2D eigenvalue weighted by molar-refractivity contribution is -0.768. The van der Waals surface area contributed by atoms with Gasteiger partial charge in [-0.3, -0.25) is 0 Å². The van der Waals surface area contributed by atoms with Crippen LogP contribution in [0.25, 0.3) is 0 Å². The van der Waals surface area contributed by atoms with Crippen LogP contribution in [0.15, 0.2) is 0 Å². The molecule has 0 spiro atoms. The first kappa shape index (κ1) is 9.41. The normalized spacial score (nSPS) is 13.3. The van der Waals surface area contributed by atoms with Crippen LogP contribution in [0.5, 0.6) is 0 Å². The fourth-order valence-corrected chi connectivity index (χ4v) is 1.54. The molecule has 1 rings (SSSR count). The molecule has 1 heterocycles. The molecule has 1 aromatic heterocycles. The Bertz CT molecular complexity index is 328. The first-order valence-corrected chi connectivity index (χ1v) is 4.18. The van der Waals surface area contributed by atoms with E-state index in [2.05, 4.69) is 5.10 Å². The van der Waals surface area contributed by atoms with Gasteiger partial charge in [-0.2, -0.15) is 9.25 Å². The van der Waals surface area contributed by atoms with Crippen LogP contribution in [-0.4, -0.2) is 16.9 Å². The Morgan fingerprint density at radius 1 is 1.67 bits per heavy atom. The molecule has 1 N–H and O–H groups in total. The Hall–Kier alpha value is -0.680. The van der Waals surface area contributed by atoms with Gasteiger partial charge in [0.1, 0.15) is 0 Å². The molecular formula is C7H14N3OS+. The molecule has 0 aliphatic rings. The summed E-state index contributed by atoms with van der Waals surface area (Å²) in [7, 11) is 3.59. The Labute approximate surface area is 76.8 Å². The molecule has 0 amide bonds. The zero-order valence-corrected chi connectivity index (χ0v) is 8.60. The lowest BCUT2D eigenvalue weighted by Gasteiger charge is -2.06. The molecule has 0 aliphatic heterocycles. The van der Waals surface area contributed by atoms with Crippen molar-refractivity contribution in [3.05, 3.63) is 10.6 Å². The molecule has 5 heteroatoms. The van der Waals surface area contributed by atoms with E-state index in [4.69, 9.17) is 17.0 Å². The summed E-state index contributed by atoms with van der Waals surface area (Å²) in [6.45, 7) is 3.94. The van der Waals surface area contributed by atoms with E-state index < -0.39 is 0 Å². The highest BCUT2D eigenvalue weighted by Gasteiger charge is 2.16. The maximum Gasteiger partial charge on any atom is 0.325 e. The van der Waals surface area contributed by atoms with Crippen molar-refractivity contribution in [2.75, 3.05) is 7.11 Å². The van der Waals surface area contributed by atoms with E-state index in [1.807, 2.05) is 30.1 Å². The van der Waals surface area contributed by atoms with Gasteiger partial charge in [0.15, 0.2) is 6.23 Å². The molecule has 0 radical (unpaired) electrons. The van der Waals surface area contributed by atoms with E-state index in [0.717, 1.165) is 5.82 Å². The first-order chi connectivity index (χ1) is 5.57. The van der Waals surface area contributed by atoms with E-state index >= 15 is 0 Å². The van der Waals surface area contributed by atoms with Gasteiger partial charge in [-0.25, -0.2) is 0 Å². The predicted molar refractivity (Wildman–Crippen MR) is 47.2 cm³/mol. The van der Waals surface area contributed by atoms with Crippen molar-refractivity contribution in [3.63, 3.8) is 0 Å². The van der Waals surface area contributed by atoms with E-state index in [0.29, 0.717) is 4.77 Å². The zero-order chi connectivity index (χ0) is 9.30. The van der Waals surface area contributed by atoms with Gasteiger partial charge >= 0.3 is 4.77 Å². The molecule has 68 valence electrons. The Morgan fingerprint density at radius 3 is 2.58 bits per heavy atom. The molecule has 0 aliphatic carbocycles. The van der Waals surface area contributed by atoms with Gasteiger partial charge in [-0.1, -0.05) is 0 Å². The fraction of sp³-hybridized carbons (Fsp3) is 0.714. The summed E-state index contributed by atoms with van der Waals surface area (Å²) < 4.78 is 9.66. The SMILES string of the molecule is COC(C)[n+]1c(C)n(C)[nH]c1=S. The highest BCUT2D eigenvalue weighted by Crippen LogP contribution is 1.98. The number of hydrogen-bond acceptors (Lipinski definition) is 2. The van der Waals surface area contributed by atoms with Gasteiger partial charge < -0.3 is 4.74 Å². The number of methoxy groups -OCH3 is 1. The number of ether oxygens (including phenoxy) is 1. The zero-order valence-electron chi connectivity index (χ0n) is 7.79. The number of nitrogens with one attached hydrogen (secondary N) is 1. The summed E-state index contributed by atoms with van der Waals surface area (Å²) >= 11 is 5.11. The molecule has 1 atom stereocenters. The van der Waals surface area contributed by atoms with Crippen molar-refractivity contribution in [1.82, 2.24) is 9.78 Å². The van der Waals surface area contributed by atoms with Gasteiger partial charge in [0.25, 0.3) is 0 Å². The van der Waals surface area contributed by atoms with Crippen LogP contribution in [0.3, 0.4) is 0 Å². The standard InChI is InChI=1S/C7H13N3OS/c1-5-9(3)8-7(12)10(5)6(2)11-4/h6H,1-4H3/p+1. The molecule has 4 nitrogen and oxygen atoms in total. The number of aryl methyl sites for hydroxylation is 1. The molecule has 0 saturated carbocycles. The van der Waals surface area contributed by atoms with Crippen LogP contribution in [-0.2, 0) is 11.8 Å². The third-order valence-corrected chi connectivity index (χ3v) is 2.31. The molecule has 0 aromatic carbocycles. The number of H-pyrrole nitrogens is 1. The summed E-state index contributed by atoms with van der Waals surface area (Å²) in [5.41, 5.74) is 0. The summed E-state index contributed by atoms with van der Waals surface area (Å²) in [6.07, 6.45) is -0.0186. The minimum atomic E-state index is -0.0186. The largest absolute Gasteiger partial charge is 0.349 e. The van der Waals surface area contributed by atoms with Gasteiger partial charge in [-0.15, -0.1) is 5.10 Å². The smallest absolute Gasteiger partial charge is 0.325 e. The number of rotatable bonds is 2. The van der Waals surface area contributed by atoms with E-state index in [1.54, 1.807) is 7.11 Å². The number of aromatic nitrogens is 3. The average molecular weight is 188 g/mol. The number of nitrogens with zero attached hydrogens (tertiary/aromatic N) is 2. The van der Waals surface area contributed by atoms with Crippen molar-refractivity contribution in [2.45, 2.75) is 20.1 Å². The lowest BCUT2D eigenvalue weighted by Crippen LogP contribution is -2.41. The number of hydrogen-bond donors (Lipinski definition) is 1. The summed E-state index contributed by atoms with van der Waals surface area (Å²) in [5.74, 6) is 1.05. The van der Waals surface area contributed by atoms with E-state index in [-0.39, 0.29) is 6.23 Å². The van der Waals surface area contributed by atoms with E-state index in [1.165, 1.54) is 0 Å². The highest BCUT2D eigenvalue weighted by molar-refractivity contribution is 7.71. The van der Waals surface area contributed by atoms with Crippen molar-refractivity contribution >= 4 is 12.2 Å². The maximum atomic E-state index is 5.17. The molecule has 12 heavy (non-hydrogen) atoms. The quantitative estimate of drug-likeness (QED) is 0.551. The third-order valence-electron chi connectivity index (χ3n) is 2.02. The van der Waals surface area contributed by atoms with Crippen LogP contribution in [0.4, 0.5) is 0 Å². The highest BCUT2D eigenvalue weighted by atomic mass is 32.1. The summed E-state index contributed by atoms with van der Waals surface area (Å²) in [5, 5.41) is 3.01. The summed E-state index contributed by atoms with van der Waals surface area (Å²) in [4.78, 5) is 0. The second-order valence-corrected chi connectivity index (χ2v) is 3.11. The van der Waals surface area contributed by atoms with E-state index in [9.17, 15) is 0 Å². The minimum absolute atomic E-state index is 0.0186. The molecule has 0 fully saturated rings. The van der Waals surface area contributed by atoms with Crippen LogP contribution in [0, 0.1) is 11.7 Å². The van der Waals surface area contributed by atoms with Gasteiger partial charge in [0.2, 0.25) is 5.82 Å². The van der Waals surface area contributed by atoms with Gasteiger partial charge in [0, 0.05) is 14.0 Å². The predicted octanol–water partition coefficient (Wildman–Crippen LogP) is 0.844. The van der Waals surface area contributed by atoms with Gasteiger partial charge in [0.05, 0.1) is 7.05 Å². The molecular weight excluding hydrogens is 174 g/mol. The Kier molecular flexibility index (Phi) is 2.64. The Morgan fingerprint density at radius 2 is 2.25 bits per heavy atom. The first-order valence-electron chi connectivity index (χ1n) is 3.78. The third kappa shape index (κ3) is 1.42. The van der Waals surface area contributed by atoms with Crippen LogP contribution < -0.4 is 4.57 Å². The monoisotopic (exact) mass is 188 g/mol. The average Bonchev–Trinajstić information content (AvgIpc) is 2.26. The van der Waals surface area contributed by atoms with Crippen molar-refractivity contribution in [1.29, 1.82) is 0 Å². The topological polar surface area (TPSA) is 33.8 Å². The molecule has 1 aromatic rings. The van der Waals surface area contributed by atoms with Crippen molar-refractivity contribution in [2.24, 2.45) is 7.05 Å². The molecule has 0 saturated heterocycles. The molecule has 0 bridgehead atoms. The minimum Gasteiger partial charge on any atom is -0.349 e. The molecule has 1 unspecified atom stereocenters. The maximum absolute atomic E-state index is 5.17. The summed E-state index contributed by atoms with van der Waals surface area (Å²) in [6, 6.07) is 0.